The van der Waals surface area contributed by atoms with Gasteiger partial charge in [0.25, 0.3) is 0 Å². The highest BCUT2D eigenvalue weighted by Gasteiger charge is 2.36. The topological polar surface area (TPSA) is 49.8 Å². The van der Waals surface area contributed by atoms with Crippen molar-refractivity contribution < 1.29 is 19.0 Å². The Bertz CT molecular complexity index is 523. The molecule has 4 nitrogen and oxygen atoms in total. The van der Waals surface area contributed by atoms with E-state index in [0.717, 1.165) is 31.4 Å². The Balaban J connectivity index is 1.90. The van der Waals surface area contributed by atoms with E-state index in [1.807, 2.05) is 11.0 Å². The summed E-state index contributed by atoms with van der Waals surface area (Å²) in [4.78, 5) is 14.3. The number of nitrogens with zero attached hydrogens (tertiary/aromatic N) is 1. The summed E-state index contributed by atoms with van der Waals surface area (Å²) in [6, 6.07) is 6.38. The van der Waals surface area contributed by atoms with E-state index >= 15 is 0 Å². The van der Waals surface area contributed by atoms with Crippen LogP contribution >= 0.6 is 0 Å². The maximum absolute atomic E-state index is 13.2. The predicted molar refractivity (Wildman–Crippen MR) is 86.5 cm³/mol. The molecule has 0 aromatic heterocycles. The molecule has 1 saturated heterocycles. The van der Waals surface area contributed by atoms with Gasteiger partial charge in [0.05, 0.1) is 6.61 Å². The number of aliphatic hydroxyl groups excluding tert-OH is 1. The van der Waals surface area contributed by atoms with Gasteiger partial charge in [0.2, 0.25) is 5.91 Å². The molecule has 0 unspecified atom stereocenters. The van der Waals surface area contributed by atoms with Gasteiger partial charge < -0.3 is 14.7 Å². The number of carbonyl (C=O) groups is 1. The van der Waals surface area contributed by atoms with Crippen LogP contribution in [-0.4, -0.2) is 49.3 Å². The monoisotopic (exact) mass is 323 g/mol. The van der Waals surface area contributed by atoms with E-state index < -0.39 is 0 Å². The molecule has 1 N–H and O–H groups in total. The fourth-order valence-electron chi connectivity index (χ4n) is 3.25. The number of hydrogen-bond donors (Lipinski definition) is 1. The van der Waals surface area contributed by atoms with Crippen LogP contribution in [0.25, 0.3) is 0 Å². The Hall–Kier alpha value is -1.46. The molecule has 1 aliphatic rings. The first-order valence-corrected chi connectivity index (χ1v) is 8.21. The minimum atomic E-state index is -0.271. The van der Waals surface area contributed by atoms with Crippen LogP contribution in [0.1, 0.15) is 31.2 Å². The zero-order valence-electron chi connectivity index (χ0n) is 13.8. The normalized spacial score (nSPS) is 21.4. The summed E-state index contributed by atoms with van der Waals surface area (Å²) in [6.07, 6.45) is 3.48. The summed E-state index contributed by atoms with van der Waals surface area (Å²) in [7, 11) is 1.65. The highest BCUT2D eigenvalue weighted by atomic mass is 19.1. The molecule has 1 fully saturated rings. The summed E-state index contributed by atoms with van der Waals surface area (Å²) < 4.78 is 18.3. The molecule has 1 aromatic carbocycles. The largest absolute Gasteiger partial charge is 0.396 e. The van der Waals surface area contributed by atoms with E-state index in [1.54, 1.807) is 13.2 Å². The van der Waals surface area contributed by atoms with Crippen LogP contribution < -0.4 is 0 Å². The SMILES string of the molecule is COCC[C@]1(CO)CCCN(C(=O)CCc2cccc(F)c2)C1. The Morgan fingerprint density at radius 1 is 1.48 bits per heavy atom. The second-order valence-electron chi connectivity index (χ2n) is 6.45. The number of hydrogen-bond acceptors (Lipinski definition) is 3. The van der Waals surface area contributed by atoms with Crippen LogP contribution in [0.15, 0.2) is 24.3 Å². The van der Waals surface area contributed by atoms with Gasteiger partial charge in [-0.15, -0.1) is 0 Å². The molecule has 1 heterocycles. The molecule has 1 aromatic rings. The van der Waals surface area contributed by atoms with E-state index in [4.69, 9.17) is 4.74 Å². The third kappa shape index (κ3) is 5.01. The van der Waals surface area contributed by atoms with Crippen molar-refractivity contribution in [3.05, 3.63) is 35.6 Å². The number of likely N-dealkylation sites (tertiary alicyclic amines) is 1. The molecule has 5 heteroatoms. The van der Waals surface area contributed by atoms with Gasteiger partial charge in [0.15, 0.2) is 0 Å². The molecule has 1 atom stereocenters. The number of halogens is 1. The van der Waals surface area contributed by atoms with Gasteiger partial charge >= 0.3 is 0 Å². The lowest BCUT2D eigenvalue weighted by Gasteiger charge is -2.42. The lowest BCUT2D eigenvalue weighted by atomic mass is 9.78. The average molecular weight is 323 g/mol. The van der Waals surface area contributed by atoms with Gasteiger partial charge in [-0.2, -0.15) is 0 Å². The van der Waals surface area contributed by atoms with E-state index in [0.29, 0.717) is 26.0 Å². The summed E-state index contributed by atoms with van der Waals surface area (Å²) in [5.41, 5.74) is 0.589. The maximum Gasteiger partial charge on any atom is 0.222 e. The van der Waals surface area contributed by atoms with Crippen LogP contribution in [0, 0.1) is 11.2 Å². The number of rotatable bonds is 7. The van der Waals surface area contributed by atoms with Gasteiger partial charge in [-0.05, 0) is 43.4 Å². The number of aryl methyl sites for hydroxylation is 1. The first-order valence-electron chi connectivity index (χ1n) is 8.21. The number of benzene rings is 1. The molecule has 128 valence electrons. The molecule has 0 spiro atoms. The Morgan fingerprint density at radius 3 is 3.00 bits per heavy atom. The summed E-state index contributed by atoms with van der Waals surface area (Å²) in [5, 5.41) is 9.77. The quantitative estimate of drug-likeness (QED) is 0.838. The first kappa shape index (κ1) is 17.9. The van der Waals surface area contributed by atoms with Gasteiger partial charge in [0, 0.05) is 38.6 Å². The third-order valence-corrected chi connectivity index (χ3v) is 4.70. The number of carbonyl (C=O) groups excluding carboxylic acids is 1. The predicted octanol–water partition coefficient (Wildman–Crippen LogP) is 2.40. The second-order valence-corrected chi connectivity index (χ2v) is 6.45. The van der Waals surface area contributed by atoms with E-state index in [9.17, 15) is 14.3 Å². The first-order chi connectivity index (χ1) is 11.1. The van der Waals surface area contributed by atoms with Gasteiger partial charge in [0.1, 0.15) is 5.82 Å². The fraction of sp³-hybridized carbons (Fsp3) is 0.611. The van der Waals surface area contributed by atoms with E-state index in [2.05, 4.69) is 0 Å². The zero-order chi connectivity index (χ0) is 16.7. The minimum absolute atomic E-state index is 0.0733. The molecule has 1 amide bonds. The smallest absolute Gasteiger partial charge is 0.222 e. The lowest BCUT2D eigenvalue weighted by molar-refractivity contribution is -0.136. The summed E-state index contributed by atoms with van der Waals surface area (Å²) in [6.45, 7) is 1.97. The fourth-order valence-corrected chi connectivity index (χ4v) is 3.25. The Kier molecular flexibility index (Phi) is 6.54. The van der Waals surface area contributed by atoms with Crippen LogP contribution in [-0.2, 0) is 16.0 Å². The molecule has 1 aliphatic heterocycles. The van der Waals surface area contributed by atoms with Gasteiger partial charge in [-0.1, -0.05) is 12.1 Å². The molecule has 0 bridgehead atoms. The second kappa shape index (κ2) is 8.41. The van der Waals surface area contributed by atoms with Crippen molar-refractivity contribution in [3.63, 3.8) is 0 Å². The molecule has 2 rings (SSSR count). The number of aliphatic hydroxyl groups is 1. The number of amides is 1. The molecule has 0 saturated carbocycles. The summed E-state index contributed by atoms with van der Waals surface area (Å²) in [5.74, 6) is -0.198. The zero-order valence-corrected chi connectivity index (χ0v) is 13.8. The number of ether oxygens (including phenoxy) is 1. The van der Waals surface area contributed by atoms with Gasteiger partial charge in [-0.25, -0.2) is 4.39 Å². The van der Waals surface area contributed by atoms with Crippen molar-refractivity contribution in [2.45, 2.75) is 32.1 Å². The molecular weight excluding hydrogens is 297 g/mol. The van der Waals surface area contributed by atoms with Crippen LogP contribution in [0.4, 0.5) is 4.39 Å². The van der Waals surface area contributed by atoms with Crippen molar-refractivity contribution in [2.75, 3.05) is 33.4 Å². The highest BCUT2D eigenvalue weighted by molar-refractivity contribution is 5.76. The Labute approximate surface area is 137 Å². The Morgan fingerprint density at radius 2 is 2.30 bits per heavy atom. The van der Waals surface area contributed by atoms with Gasteiger partial charge in [-0.3, -0.25) is 4.79 Å². The van der Waals surface area contributed by atoms with Crippen molar-refractivity contribution in [3.8, 4) is 0 Å². The van der Waals surface area contributed by atoms with E-state index in [1.165, 1.54) is 12.1 Å². The van der Waals surface area contributed by atoms with Crippen LogP contribution in [0.5, 0.6) is 0 Å². The molecule has 0 radical (unpaired) electrons. The minimum Gasteiger partial charge on any atom is -0.396 e. The van der Waals surface area contributed by atoms with Crippen LogP contribution in [0.3, 0.4) is 0 Å². The third-order valence-electron chi connectivity index (χ3n) is 4.70. The van der Waals surface area contributed by atoms with Crippen LogP contribution in [0.2, 0.25) is 0 Å². The lowest BCUT2D eigenvalue weighted by Crippen LogP contribution is -2.48. The van der Waals surface area contributed by atoms with Crippen molar-refractivity contribution >= 4 is 5.91 Å². The highest BCUT2D eigenvalue weighted by Crippen LogP contribution is 2.33. The molecular formula is C18H26FNO3. The van der Waals surface area contributed by atoms with Crippen molar-refractivity contribution in [2.24, 2.45) is 5.41 Å². The number of methoxy groups -OCH3 is 1. The summed E-state index contributed by atoms with van der Waals surface area (Å²) >= 11 is 0. The number of piperidine rings is 1. The maximum atomic E-state index is 13.2. The van der Waals surface area contributed by atoms with Crippen molar-refractivity contribution in [1.29, 1.82) is 0 Å². The van der Waals surface area contributed by atoms with E-state index in [-0.39, 0.29) is 23.7 Å². The standard InChI is InChI=1S/C18H26FNO3/c1-23-11-9-18(14-21)8-3-10-20(13-18)17(22)7-6-15-4-2-5-16(19)12-15/h2,4-5,12,21H,3,6-11,13-14H2,1H3/t18-/m1/s1. The average Bonchev–Trinajstić information content (AvgIpc) is 2.58. The van der Waals surface area contributed by atoms with Crippen molar-refractivity contribution in [1.82, 2.24) is 4.90 Å². The molecule has 0 aliphatic carbocycles. The molecule has 23 heavy (non-hydrogen) atoms.